The number of carbonyl (C=O) groups excluding carboxylic acids is 1. The Hall–Kier alpha value is -1.42. The van der Waals surface area contributed by atoms with Gasteiger partial charge in [-0.2, -0.15) is 0 Å². The predicted molar refractivity (Wildman–Crippen MR) is 77.1 cm³/mol. The Morgan fingerprint density at radius 3 is 2.58 bits per heavy atom. The van der Waals surface area contributed by atoms with E-state index in [0.717, 1.165) is 18.8 Å². The average Bonchev–Trinajstić information content (AvgIpc) is 2.66. The molecule has 1 unspecified atom stereocenters. The van der Waals surface area contributed by atoms with Crippen molar-refractivity contribution in [1.29, 1.82) is 0 Å². The summed E-state index contributed by atoms with van der Waals surface area (Å²) in [6, 6.07) is 5.59. The molecule has 1 atom stereocenters. The highest BCUT2D eigenvalue weighted by Gasteiger charge is 2.22. The van der Waals surface area contributed by atoms with Gasteiger partial charge in [-0.15, -0.1) is 0 Å². The molecule has 0 bridgehead atoms. The molecule has 19 heavy (non-hydrogen) atoms. The molecule has 0 saturated carbocycles. The summed E-state index contributed by atoms with van der Waals surface area (Å²) in [7, 11) is 0. The van der Waals surface area contributed by atoms with Crippen LogP contribution in [0.4, 0.5) is 5.82 Å². The Bertz CT molecular complexity index is 425. The van der Waals surface area contributed by atoms with Crippen LogP contribution in [0.15, 0.2) is 18.2 Å². The van der Waals surface area contributed by atoms with E-state index in [4.69, 9.17) is 0 Å². The SMILES string of the molecule is Cc1cccc(NC(=O)C(C)N2CCCCCC2)n1. The van der Waals surface area contributed by atoms with Crippen molar-refractivity contribution in [3.05, 3.63) is 23.9 Å². The van der Waals surface area contributed by atoms with E-state index in [1.54, 1.807) is 0 Å². The van der Waals surface area contributed by atoms with Crippen molar-refractivity contribution in [3.63, 3.8) is 0 Å². The normalized spacial score (nSPS) is 18.6. The molecule has 1 aromatic rings. The van der Waals surface area contributed by atoms with Gasteiger partial charge in [-0.1, -0.05) is 18.9 Å². The van der Waals surface area contributed by atoms with Crippen LogP contribution in [0.1, 0.15) is 38.3 Å². The number of nitrogens with one attached hydrogen (secondary N) is 1. The number of hydrogen-bond acceptors (Lipinski definition) is 3. The summed E-state index contributed by atoms with van der Waals surface area (Å²) in [5.74, 6) is 0.687. The molecule has 0 spiro atoms. The standard InChI is InChI=1S/C15H23N3O/c1-12-8-7-9-14(16-12)17-15(19)13(2)18-10-5-3-4-6-11-18/h7-9,13H,3-6,10-11H2,1-2H3,(H,16,17,19). The number of aryl methyl sites for hydroxylation is 1. The second kappa shape index (κ2) is 6.66. The zero-order chi connectivity index (χ0) is 13.7. The minimum atomic E-state index is -0.0830. The van der Waals surface area contributed by atoms with Crippen LogP contribution in [0.3, 0.4) is 0 Å². The molecule has 1 saturated heterocycles. The number of hydrogen-bond donors (Lipinski definition) is 1. The van der Waals surface area contributed by atoms with E-state index in [9.17, 15) is 4.79 Å². The number of carbonyl (C=O) groups is 1. The first kappa shape index (κ1) is 14.0. The molecule has 4 heteroatoms. The van der Waals surface area contributed by atoms with Gasteiger partial charge in [0.25, 0.3) is 0 Å². The van der Waals surface area contributed by atoms with E-state index in [1.807, 2.05) is 32.0 Å². The number of likely N-dealkylation sites (tertiary alicyclic amines) is 1. The van der Waals surface area contributed by atoms with Gasteiger partial charge in [-0.25, -0.2) is 4.98 Å². The topological polar surface area (TPSA) is 45.2 Å². The molecule has 104 valence electrons. The summed E-state index contributed by atoms with van der Waals surface area (Å²) < 4.78 is 0. The first-order valence-electron chi connectivity index (χ1n) is 7.15. The van der Waals surface area contributed by atoms with Gasteiger partial charge >= 0.3 is 0 Å². The lowest BCUT2D eigenvalue weighted by atomic mass is 10.2. The van der Waals surface area contributed by atoms with Gasteiger partial charge in [0, 0.05) is 5.69 Å². The van der Waals surface area contributed by atoms with Crippen molar-refractivity contribution in [1.82, 2.24) is 9.88 Å². The van der Waals surface area contributed by atoms with Crippen molar-refractivity contribution in [2.75, 3.05) is 18.4 Å². The summed E-state index contributed by atoms with van der Waals surface area (Å²) in [6.45, 7) is 5.95. The van der Waals surface area contributed by atoms with E-state index in [0.29, 0.717) is 5.82 Å². The fourth-order valence-corrected chi connectivity index (χ4v) is 2.49. The van der Waals surface area contributed by atoms with Gasteiger partial charge in [0.2, 0.25) is 5.91 Å². The maximum atomic E-state index is 12.2. The molecule has 1 N–H and O–H groups in total. The van der Waals surface area contributed by atoms with Crippen LogP contribution in [-0.4, -0.2) is 34.9 Å². The van der Waals surface area contributed by atoms with Crippen LogP contribution in [0.25, 0.3) is 0 Å². The van der Waals surface area contributed by atoms with Crippen molar-refractivity contribution in [2.24, 2.45) is 0 Å². The maximum Gasteiger partial charge on any atom is 0.242 e. The van der Waals surface area contributed by atoms with Gasteiger partial charge in [-0.3, -0.25) is 9.69 Å². The molecule has 2 heterocycles. The molecular weight excluding hydrogens is 238 g/mol. The molecule has 0 aliphatic carbocycles. The summed E-state index contributed by atoms with van der Waals surface area (Å²) in [5, 5.41) is 2.91. The second-order valence-electron chi connectivity index (χ2n) is 5.28. The summed E-state index contributed by atoms with van der Waals surface area (Å²) in [6.07, 6.45) is 4.95. The van der Waals surface area contributed by atoms with Gasteiger partial charge in [-0.05, 0) is 51.9 Å². The Labute approximate surface area is 115 Å². The lowest BCUT2D eigenvalue weighted by Crippen LogP contribution is -2.42. The van der Waals surface area contributed by atoms with E-state index in [1.165, 1.54) is 25.7 Å². The molecule has 1 amide bonds. The molecule has 4 nitrogen and oxygen atoms in total. The summed E-state index contributed by atoms with van der Waals surface area (Å²) >= 11 is 0. The predicted octanol–water partition coefficient (Wildman–Crippen LogP) is 2.59. The van der Waals surface area contributed by atoms with Crippen LogP contribution >= 0.6 is 0 Å². The van der Waals surface area contributed by atoms with Crippen LogP contribution in [0.2, 0.25) is 0 Å². The summed E-state index contributed by atoms with van der Waals surface area (Å²) in [5.41, 5.74) is 0.917. The zero-order valence-corrected chi connectivity index (χ0v) is 11.9. The van der Waals surface area contributed by atoms with Crippen molar-refractivity contribution in [3.8, 4) is 0 Å². The van der Waals surface area contributed by atoms with E-state index < -0.39 is 0 Å². The third kappa shape index (κ3) is 4.03. The highest BCUT2D eigenvalue weighted by Crippen LogP contribution is 2.13. The Morgan fingerprint density at radius 2 is 1.95 bits per heavy atom. The van der Waals surface area contributed by atoms with Gasteiger partial charge in [0.15, 0.2) is 0 Å². The lowest BCUT2D eigenvalue weighted by Gasteiger charge is -2.26. The van der Waals surface area contributed by atoms with Gasteiger partial charge in [0.05, 0.1) is 6.04 Å². The molecular formula is C15H23N3O. The molecule has 2 rings (SSSR count). The zero-order valence-electron chi connectivity index (χ0n) is 11.9. The minimum absolute atomic E-state index is 0.0417. The molecule has 1 aliphatic heterocycles. The number of amides is 1. The van der Waals surface area contributed by atoms with Crippen LogP contribution in [0.5, 0.6) is 0 Å². The number of aromatic nitrogens is 1. The largest absolute Gasteiger partial charge is 0.309 e. The lowest BCUT2D eigenvalue weighted by molar-refractivity contribution is -0.120. The first-order valence-corrected chi connectivity index (χ1v) is 7.15. The Balaban J connectivity index is 1.94. The molecule has 1 aromatic heterocycles. The fraction of sp³-hybridized carbons (Fsp3) is 0.600. The smallest absolute Gasteiger partial charge is 0.242 e. The van der Waals surface area contributed by atoms with Crippen LogP contribution in [0, 0.1) is 6.92 Å². The van der Waals surface area contributed by atoms with Gasteiger partial charge < -0.3 is 5.32 Å². The Morgan fingerprint density at radius 1 is 1.26 bits per heavy atom. The number of rotatable bonds is 3. The van der Waals surface area contributed by atoms with E-state index in [2.05, 4.69) is 15.2 Å². The van der Waals surface area contributed by atoms with Crippen molar-refractivity contribution in [2.45, 2.75) is 45.6 Å². The number of anilines is 1. The Kier molecular flexibility index (Phi) is 4.91. The highest BCUT2D eigenvalue weighted by molar-refractivity contribution is 5.93. The third-order valence-corrected chi connectivity index (χ3v) is 3.71. The molecule has 1 fully saturated rings. The highest BCUT2D eigenvalue weighted by atomic mass is 16.2. The molecule has 1 aliphatic rings. The fourth-order valence-electron chi connectivity index (χ4n) is 2.49. The van der Waals surface area contributed by atoms with Gasteiger partial charge in [0.1, 0.15) is 5.82 Å². The first-order chi connectivity index (χ1) is 9.16. The minimum Gasteiger partial charge on any atom is -0.309 e. The maximum absolute atomic E-state index is 12.2. The molecule has 0 aromatic carbocycles. The quantitative estimate of drug-likeness (QED) is 0.909. The van der Waals surface area contributed by atoms with Crippen LogP contribution < -0.4 is 5.32 Å². The number of pyridine rings is 1. The second-order valence-corrected chi connectivity index (χ2v) is 5.28. The van der Waals surface area contributed by atoms with E-state index in [-0.39, 0.29) is 11.9 Å². The van der Waals surface area contributed by atoms with E-state index >= 15 is 0 Å². The van der Waals surface area contributed by atoms with Crippen molar-refractivity contribution >= 4 is 11.7 Å². The summed E-state index contributed by atoms with van der Waals surface area (Å²) in [4.78, 5) is 18.8. The number of nitrogens with zero attached hydrogens (tertiary/aromatic N) is 2. The van der Waals surface area contributed by atoms with Crippen molar-refractivity contribution < 1.29 is 4.79 Å². The third-order valence-electron chi connectivity index (χ3n) is 3.71. The monoisotopic (exact) mass is 261 g/mol. The average molecular weight is 261 g/mol. The molecule has 0 radical (unpaired) electrons. The van der Waals surface area contributed by atoms with Crippen LogP contribution in [-0.2, 0) is 4.79 Å².